The molecule has 1 saturated heterocycles. The number of hydrogen-bond acceptors (Lipinski definition) is 4. The van der Waals surface area contributed by atoms with E-state index in [0.29, 0.717) is 18.3 Å². The number of hydrogen-bond donors (Lipinski definition) is 1. The van der Waals surface area contributed by atoms with Gasteiger partial charge in [0.15, 0.2) is 0 Å². The Bertz CT molecular complexity index is 513. The summed E-state index contributed by atoms with van der Waals surface area (Å²) in [5.74, 6) is 1.17. The number of morpholine rings is 1. The first-order chi connectivity index (χ1) is 8.65. The number of nitrogens with one attached hydrogen (secondary N) is 1. The minimum absolute atomic E-state index is 0.0284. The van der Waals surface area contributed by atoms with E-state index in [9.17, 15) is 4.79 Å². The molecule has 0 radical (unpaired) electrons. The van der Waals surface area contributed by atoms with E-state index >= 15 is 0 Å². The van der Waals surface area contributed by atoms with E-state index in [4.69, 9.17) is 4.74 Å². The molecule has 0 aromatic carbocycles. The van der Waals surface area contributed by atoms with Gasteiger partial charge < -0.3 is 14.6 Å². The molecule has 1 aliphatic heterocycles. The van der Waals surface area contributed by atoms with Gasteiger partial charge in [-0.05, 0) is 42.5 Å². The van der Waals surface area contributed by atoms with Crippen LogP contribution < -0.4 is 5.56 Å². The van der Waals surface area contributed by atoms with Crippen molar-refractivity contribution in [3.63, 3.8) is 0 Å². The molecule has 1 aromatic rings. The fraction of sp³-hybridized carbons (Fsp3) is 0.667. The Kier molecular flexibility index (Phi) is 3.42. The first-order valence-electron chi connectivity index (χ1n) is 6.25. The van der Waals surface area contributed by atoms with E-state index in [2.05, 4.69) is 44.5 Å². The third-order valence-electron chi connectivity index (χ3n) is 3.45. The van der Waals surface area contributed by atoms with E-state index in [1.54, 1.807) is 0 Å². The zero-order valence-electron chi connectivity index (χ0n) is 10.3. The quantitative estimate of drug-likeness (QED) is 0.806. The Morgan fingerprint density at radius 1 is 1.50 bits per heavy atom. The van der Waals surface area contributed by atoms with Crippen LogP contribution >= 0.6 is 22.6 Å². The first kappa shape index (κ1) is 12.6. The number of nitrogens with zero attached hydrogens (tertiary/aromatic N) is 2. The molecule has 1 aliphatic carbocycles. The number of likely N-dealkylation sites (N-methyl/N-ethyl adjacent to an activating group) is 1. The highest BCUT2D eigenvalue weighted by Gasteiger charge is 2.30. The summed E-state index contributed by atoms with van der Waals surface area (Å²) >= 11 is 2.09. The van der Waals surface area contributed by atoms with Crippen molar-refractivity contribution in [1.29, 1.82) is 0 Å². The van der Waals surface area contributed by atoms with Crippen LogP contribution in [0.25, 0.3) is 0 Å². The van der Waals surface area contributed by atoms with Gasteiger partial charge in [-0.25, -0.2) is 4.98 Å². The van der Waals surface area contributed by atoms with E-state index in [-0.39, 0.29) is 11.7 Å². The largest absolute Gasteiger partial charge is 0.368 e. The highest BCUT2D eigenvalue weighted by Crippen LogP contribution is 2.40. The monoisotopic (exact) mass is 361 g/mol. The number of halogens is 1. The van der Waals surface area contributed by atoms with Crippen LogP contribution in [0.1, 0.15) is 36.4 Å². The molecule has 1 N–H and O–H groups in total. The topological polar surface area (TPSA) is 58.2 Å². The Morgan fingerprint density at radius 2 is 2.28 bits per heavy atom. The molecule has 1 unspecified atom stereocenters. The van der Waals surface area contributed by atoms with Crippen LogP contribution in [0.2, 0.25) is 0 Å². The molecule has 3 rings (SSSR count). The number of H-pyrrole nitrogens is 1. The summed E-state index contributed by atoms with van der Waals surface area (Å²) in [6.45, 7) is 2.41. The Labute approximate surface area is 119 Å². The second kappa shape index (κ2) is 4.90. The van der Waals surface area contributed by atoms with Crippen LogP contribution in [0, 0.1) is 3.57 Å². The Hall–Kier alpha value is -0.470. The number of aromatic amines is 1. The Balaban J connectivity index is 1.94. The summed E-state index contributed by atoms with van der Waals surface area (Å²) in [4.78, 5) is 21.6. The van der Waals surface area contributed by atoms with Crippen LogP contribution in [-0.2, 0) is 4.74 Å². The van der Waals surface area contributed by atoms with Gasteiger partial charge in [0.2, 0.25) is 0 Å². The van der Waals surface area contributed by atoms with E-state index in [1.807, 2.05) is 0 Å². The van der Waals surface area contributed by atoms with Crippen LogP contribution in [0.3, 0.4) is 0 Å². The summed E-state index contributed by atoms with van der Waals surface area (Å²) in [5.41, 5.74) is 0.936. The maximum Gasteiger partial charge on any atom is 0.264 e. The van der Waals surface area contributed by atoms with Crippen LogP contribution in [-0.4, -0.2) is 41.6 Å². The molecule has 0 spiro atoms. The molecule has 1 aromatic heterocycles. The summed E-state index contributed by atoms with van der Waals surface area (Å²) in [6.07, 6.45) is 2.19. The molecular formula is C12H16IN3O2. The number of ether oxygens (including phenoxy) is 1. The van der Waals surface area contributed by atoms with Crippen molar-refractivity contribution in [2.75, 3.05) is 26.7 Å². The van der Waals surface area contributed by atoms with Crippen molar-refractivity contribution in [2.45, 2.75) is 24.9 Å². The lowest BCUT2D eigenvalue weighted by molar-refractivity contribution is -0.0257. The third kappa shape index (κ3) is 2.46. The zero-order valence-corrected chi connectivity index (χ0v) is 12.4. The lowest BCUT2D eigenvalue weighted by atomic mass is 10.2. The van der Waals surface area contributed by atoms with Crippen molar-refractivity contribution < 1.29 is 4.74 Å². The molecule has 2 heterocycles. The number of rotatable bonds is 2. The highest BCUT2D eigenvalue weighted by atomic mass is 127. The van der Waals surface area contributed by atoms with Gasteiger partial charge in [-0.15, -0.1) is 0 Å². The van der Waals surface area contributed by atoms with Crippen molar-refractivity contribution in [3.05, 3.63) is 25.4 Å². The van der Waals surface area contributed by atoms with Gasteiger partial charge in [0.25, 0.3) is 5.56 Å². The molecule has 2 aliphatic rings. The maximum atomic E-state index is 11.9. The second-order valence-corrected chi connectivity index (χ2v) is 6.13. The van der Waals surface area contributed by atoms with Crippen molar-refractivity contribution in [1.82, 2.24) is 14.9 Å². The minimum Gasteiger partial charge on any atom is -0.368 e. The molecular weight excluding hydrogens is 345 g/mol. The molecule has 6 heteroatoms. The third-order valence-corrected chi connectivity index (χ3v) is 4.49. The van der Waals surface area contributed by atoms with Crippen molar-refractivity contribution in [2.24, 2.45) is 0 Å². The molecule has 18 heavy (non-hydrogen) atoms. The minimum atomic E-state index is -0.106. The van der Waals surface area contributed by atoms with E-state index in [1.165, 1.54) is 0 Å². The summed E-state index contributed by atoms with van der Waals surface area (Å²) < 4.78 is 6.45. The average molecular weight is 361 g/mol. The fourth-order valence-corrected chi connectivity index (χ4v) is 2.91. The predicted molar refractivity (Wildman–Crippen MR) is 75.7 cm³/mol. The molecule has 0 amide bonds. The van der Waals surface area contributed by atoms with E-state index in [0.717, 1.165) is 35.2 Å². The smallest absolute Gasteiger partial charge is 0.264 e. The van der Waals surface area contributed by atoms with Gasteiger partial charge in [0.05, 0.1) is 15.9 Å². The van der Waals surface area contributed by atoms with Crippen LogP contribution in [0.15, 0.2) is 4.79 Å². The average Bonchev–Trinajstić information content (AvgIpc) is 3.16. The lowest BCUT2D eigenvalue weighted by Crippen LogP contribution is -2.37. The molecule has 0 bridgehead atoms. The standard InChI is InChI=1S/C12H16IN3O2/c1-16-4-5-18-8(6-16)11-14-10(7-2-3-7)9(13)12(17)15-11/h7-8H,2-6H2,1H3,(H,14,15,17). The molecule has 1 saturated carbocycles. The zero-order chi connectivity index (χ0) is 12.7. The van der Waals surface area contributed by atoms with Gasteiger partial charge in [-0.1, -0.05) is 0 Å². The van der Waals surface area contributed by atoms with Crippen molar-refractivity contribution >= 4 is 22.6 Å². The van der Waals surface area contributed by atoms with Gasteiger partial charge in [0.1, 0.15) is 11.9 Å². The summed E-state index contributed by atoms with van der Waals surface area (Å²) in [7, 11) is 2.06. The second-order valence-electron chi connectivity index (χ2n) is 5.05. The van der Waals surface area contributed by atoms with Crippen LogP contribution in [0.5, 0.6) is 0 Å². The SMILES string of the molecule is CN1CCOC(c2nc(C3CC3)c(I)c(=O)[nH]2)C1. The van der Waals surface area contributed by atoms with Crippen LogP contribution in [0.4, 0.5) is 0 Å². The summed E-state index contributed by atoms with van der Waals surface area (Å²) in [5, 5.41) is 0. The highest BCUT2D eigenvalue weighted by molar-refractivity contribution is 14.1. The normalized spacial score (nSPS) is 25.3. The van der Waals surface area contributed by atoms with Gasteiger partial charge in [-0.3, -0.25) is 4.79 Å². The first-order valence-corrected chi connectivity index (χ1v) is 7.33. The van der Waals surface area contributed by atoms with Gasteiger partial charge in [0, 0.05) is 19.0 Å². The molecule has 1 atom stereocenters. The Morgan fingerprint density at radius 3 is 2.94 bits per heavy atom. The predicted octanol–water partition coefficient (Wildman–Crippen LogP) is 1.25. The maximum absolute atomic E-state index is 11.9. The molecule has 2 fully saturated rings. The van der Waals surface area contributed by atoms with E-state index < -0.39 is 0 Å². The van der Waals surface area contributed by atoms with Gasteiger partial charge >= 0.3 is 0 Å². The lowest BCUT2D eigenvalue weighted by Gasteiger charge is -2.29. The number of aromatic nitrogens is 2. The molecule has 5 nitrogen and oxygen atoms in total. The fourth-order valence-electron chi connectivity index (χ4n) is 2.22. The van der Waals surface area contributed by atoms with Gasteiger partial charge in [-0.2, -0.15) is 0 Å². The molecule has 98 valence electrons. The summed E-state index contributed by atoms with van der Waals surface area (Å²) in [6, 6.07) is 0. The van der Waals surface area contributed by atoms with Crippen molar-refractivity contribution in [3.8, 4) is 0 Å².